The monoisotopic (exact) mass is 308 g/mol. The van der Waals surface area contributed by atoms with Gasteiger partial charge in [-0.15, -0.1) is 0 Å². The van der Waals surface area contributed by atoms with E-state index in [1.165, 1.54) is 0 Å². The highest BCUT2D eigenvalue weighted by Gasteiger charge is 2.08. The van der Waals surface area contributed by atoms with Gasteiger partial charge < -0.3 is 5.32 Å². The van der Waals surface area contributed by atoms with E-state index >= 15 is 0 Å². The second kappa shape index (κ2) is 5.30. The largest absolute Gasteiger partial charge is 0.345 e. The number of hydrogen-bond acceptors (Lipinski definition) is 3. The first-order valence-corrected chi connectivity index (χ1v) is 6.24. The van der Waals surface area contributed by atoms with Gasteiger partial charge in [0.15, 0.2) is 5.82 Å². The van der Waals surface area contributed by atoms with Crippen molar-refractivity contribution in [2.45, 2.75) is 13.5 Å². The predicted molar refractivity (Wildman–Crippen MR) is 71.1 cm³/mol. The zero-order valence-electron chi connectivity index (χ0n) is 10.1. The van der Waals surface area contributed by atoms with Crippen LogP contribution < -0.4 is 5.32 Å². The molecule has 0 saturated heterocycles. The molecule has 0 aliphatic rings. The summed E-state index contributed by atoms with van der Waals surface area (Å²) < 4.78 is 2.52. The lowest BCUT2D eigenvalue weighted by Gasteiger charge is -2.04. The molecule has 2 rings (SSSR count). The third-order valence-corrected chi connectivity index (χ3v) is 3.34. The summed E-state index contributed by atoms with van der Waals surface area (Å²) in [5.74, 6) is 0.459. The smallest absolute Gasteiger partial charge is 0.251 e. The van der Waals surface area contributed by atoms with Crippen LogP contribution in [-0.2, 0) is 13.6 Å². The van der Waals surface area contributed by atoms with E-state index in [2.05, 4.69) is 31.3 Å². The highest BCUT2D eigenvalue weighted by Crippen LogP contribution is 2.17. The van der Waals surface area contributed by atoms with Gasteiger partial charge in [0.2, 0.25) is 0 Å². The van der Waals surface area contributed by atoms with Gasteiger partial charge in [-0.05, 0) is 24.6 Å². The van der Waals surface area contributed by atoms with Crippen LogP contribution in [0.5, 0.6) is 0 Å². The number of hydrogen-bond donors (Lipinski definition) is 1. The van der Waals surface area contributed by atoms with E-state index in [0.717, 1.165) is 10.0 Å². The summed E-state index contributed by atoms with van der Waals surface area (Å²) >= 11 is 3.41. The second-order valence-corrected chi connectivity index (χ2v) is 4.84. The Morgan fingerprint density at radius 1 is 1.50 bits per heavy atom. The summed E-state index contributed by atoms with van der Waals surface area (Å²) in [6.07, 6.45) is 1.60. The van der Waals surface area contributed by atoms with Crippen molar-refractivity contribution < 1.29 is 4.79 Å². The van der Waals surface area contributed by atoms with Gasteiger partial charge in [0.05, 0.1) is 6.54 Å². The summed E-state index contributed by atoms with van der Waals surface area (Å²) in [6.45, 7) is 2.30. The van der Waals surface area contributed by atoms with Crippen LogP contribution in [0.2, 0.25) is 0 Å². The zero-order chi connectivity index (χ0) is 13.1. The molecule has 5 nitrogen and oxygen atoms in total. The van der Waals surface area contributed by atoms with Crippen molar-refractivity contribution in [1.82, 2.24) is 20.1 Å². The molecule has 1 heterocycles. The van der Waals surface area contributed by atoms with E-state index < -0.39 is 0 Å². The molecule has 0 bridgehead atoms. The van der Waals surface area contributed by atoms with Crippen molar-refractivity contribution in [2.24, 2.45) is 7.05 Å². The van der Waals surface area contributed by atoms with Gasteiger partial charge in [-0.25, -0.2) is 4.98 Å². The molecule has 0 unspecified atom stereocenters. The molecule has 1 aromatic heterocycles. The van der Waals surface area contributed by atoms with Crippen LogP contribution in [0.15, 0.2) is 29.0 Å². The van der Waals surface area contributed by atoms with E-state index in [1.807, 2.05) is 13.0 Å². The Hall–Kier alpha value is -1.69. The number of aryl methyl sites for hydroxylation is 2. The maximum Gasteiger partial charge on any atom is 0.251 e. The lowest BCUT2D eigenvalue weighted by Crippen LogP contribution is -2.23. The zero-order valence-corrected chi connectivity index (χ0v) is 11.7. The first-order chi connectivity index (χ1) is 8.56. The molecule has 2 aromatic rings. The average molecular weight is 309 g/mol. The van der Waals surface area contributed by atoms with Crippen molar-refractivity contribution >= 4 is 21.8 Å². The van der Waals surface area contributed by atoms with E-state index in [9.17, 15) is 4.79 Å². The van der Waals surface area contributed by atoms with Crippen LogP contribution in [0.1, 0.15) is 21.7 Å². The third-order valence-electron chi connectivity index (χ3n) is 2.49. The van der Waals surface area contributed by atoms with Gasteiger partial charge in [0.1, 0.15) is 6.33 Å². The van der Waals surface area contributed by atoms with Gasteiger partial charge in [-0.2, -0.15) is 5.10 Å². The Balaban J connectivity index is 2.01. The van der Waals surface area contributed by atoms with Gasteiger partial charge in [-0.3, -0.25) is 9.48 Å². The molecule has 0 aliphatic heterocycles. The van der Waals surface area contributed by atoms with Crippen LogP contribution in [0.3, 0.4) is 0 Å². The molecule has 94 valence electrons. The average Bonchev–Trinajstić information content (AvgIpc) is 2.75. The Labute approximate surface area is 113 Å². The summed E-state index contributed by atoms with van der Waals surface area (Å²) in [5, 5.41) is 6.87. The van der Waals surface area contributed by atoms with Crippen molar-refractivity contribution in [1.29, 1.82) is 0 Å². The maximum absolute atomic E-state index is 11.9. The minimum atomic E-state index is -0.136. The Morgan fingerprint density at radius 3 is 2.89 bits per heavy atom. The molecular weight excluding hydrogens is 296 g/mol. The number of benzene rings is 1. The number of amides is 1. The standard InChI is InChI=1S/C12H13BrN4O/c1-8-3-4-9(5-10(8)13)12(18)14-6-11-15-7-17(2)16-11/h3-5,7H,6H2,1-2H3,(H,14,18). The number of halogens is 1. The number of nitrogens with one attached hydrogen (secondary N) is 1. The molecule has 0 atom stereocenters. The van der Waals surface area contributed by atoms with Crippen molar-refractivity contribution in [3.63, 3.8) is 0 Å². The van der Waals surface area contributed by atoms with Gasteiger partial charge in [0, 0.05) is 17.1 Å². The van der Waals surface area contributed by atoms with Crippen LogP contribution >= 0.6 is 15.9 Å². The number of nitrogens with zero attached hydrogens (tertiary/aromatic N) is 3. The molecule has 1 amide bonds. The lowest BCUT2D eigenvalue weighted by molar-refractivity contribution is 0.0950. The number of aromatic nitrogens is 3. The van der Waals surface area contributed by atoms with Crippen LogP contribution in [0.4, 0.5) is 0 Å². The normalized spacial score (nSPS) is 10.4. The molecule has 18 heavy (non-hydrogen) atoms. The fraction of sp³-hybridized carbons (Fsp3) is 0.250. The minimum Gasteiger partial charge on any atom is -0.345 e. The van der Waals surface area contributed by atoms with Crippen molar-refractivity contribution in [3.8, 4) is 0 Å². The van der Waals surface area contributed by atoms with Crippen LogP contribution in [0.25, 0.3) is 0 Å². The fourth-order valence-electron chi connectivity index (χ4n) is 1.46. The molecule has 0 fully saturated rings. The summed E-state index contributed by atoms with van der Waals surface area (Å²) in [4.78, 5) is 15.9. The van der Waals surface area contributed by atoms with E-state index in [4.69, 9.17) is 0 Å². The van der Waals surface area contributed by atoms with Crippen LogP contribution in [0, 0.1) is 6.92 Å². The van der Waals surface area contributed by atoms with Crippen molar-refractivity contribution in [3.05, 3.63) is 46.0 Å². The van der Waals surface area contributed by atoms with E-state index in [0.29, 0.717) is 17.9 Å². The molecule has 0 radical (unpaired) electrons. The highest BCUT2D eigenvalue weighted by atomic mass is 79.9. The summed E-state index contributed by atoms with van der Waals surface area (Å²) in [6, 6.07) is 5.50. The molecule has 0 saturated carbocycles. The quantitative estimate of drug-likeness (QED) is 0.941. The van der Waals surface area contributed by atoms with Crippen molar-refractivity contribution in [2.75, 3.05) is 0 Å². The van der Waals surface area contributed by atoms with Gasteiger partial charge in [0.25, 0.3) is 5.91 Å². The summed E-state index contributed by atoms with van der Waals surface area (Å²) in [5.41, 5.74) is 1.71. The topological polar surface area (TPSA) is 59.8 Å². The third kappa shape index (κ3) is 2.95. The second-order valence-electron chi connectivity index (χ2n) is 3.98. The van der Waals surface area contributed by atoms with Gasteiger partial charge in [-0.1, -0.05) is 22.0 Å². The Morgan fingerprint density at radius 2 is 2.28 bits per heavy atom. The van der Waals surface area contributed by atoms with E-state index in [1.54, 1.807) is 30.2 Å². The molecule has 0 aliphatic carbocycles. The summed E-state index contributed by atoms with van der Waals surface area (Å²) in [7, 11) is 1.79. The minimum absolute atomic E-state index is 0.136. The Kier molecular flexibility index (Phi) is 3.76. The van der Waals surface area contributed by atoms with Crippen LogP contribution in [-0.4, -0.2) is 20.7 Å². The Bertz CT molecular complexity index is 579. The predicted octanol–water partition coefficient (Wildman–Crippen LogP) is 1.82. The first-order valence-electron chi connectivity index (χ1n) is 5.45. The van der Waals surface area contributed by atoms with E-state index in [-0.39, 0.29) is 5.91 Å². The molecule has 0 spiro atoms. The molecule has 1 N–H and O–H groups in total. The highest BCUT2D eigenvalue weighted by molar-refractivity contribution is 9.10. The van der Waals surface area contributed by atoms with Gasteiger partial charge >= 0.3 is 0 Å². The fourth-order valence-corrected chi connectivity index (χ4v) is 1.84. The lowest BCUT2D eigenvalue weighted by atomic mass is 10.1. The molecule has 1 aromatic carbocycles. The molecular formula is C12H13BrN4O. The number of rotatable bonds is 3. The maximum atomic E-state index is 11.9. The molecule has 6 heteroatoms. The first kappa shape index (κ1) is 12.8. The SMILES string of the molecule is Cc1ccc(C(=O)NCc2ncn(C)n2)cc1Br. The number of carbonyl (C=O) groups is 1. The number of carbonyl (C=O) groups excluding carboxylic acids is 1.